The normalized spacial score (nSPS) is 14.5. The van der Waals surface area contributed by atoms with E-state index in [1.165, 1.54) is 0 Å². The molecule has 24 heavy (non-hydrogen) atoms. The molecule has 5 nitrogen and oxygen atoms in total. The number of carbonyl (C=O) groups excluding carboxylic acids is 1. The summed E-state index contributed by atoms with van der Waals surface area (Å²) >= 11 is 0. The van der Waals surface area contributed by atoms with Crippen LogP contribution in [0, 0.1) is 0 Å². The Balaban J connectivity index is 1.76. The number of benzene rings is 1. The van der Waals surface area contributed by atoms with E-state index < -0.39 is 0 Å². The van der Waals surface area contributed by atoms with Crippen molar-refractivity contribution < 1.29 is 13.9 Å². The number of rotatable bonds is 4. The monoisotopic (exact) mass is 324 g/mol. The van der Waals surface area contributed by atoms with Crippen LogP contribution in [0.4, 0.5) is 0 Å². The van der Waals surface area contributed by atoms with E-state index in [0.717, 1.165) is 48.3 Å². The van der Waals surface area contributed by atoms with Gasteiger partial charge in [-0.3, -0.25) is 4.79 Å². The predicted octanol–water partition coefficient (Wildman–Crippen LogP) is 3.53. The molecule has 2 aromatic heterocycles. The second-order valence-corrected chi connectivity index (χ2v) is 6.10. The third-order valence-corrected chi connectivity index (χ3v) is 4.66. The molecule has 0 atom stereocenters. The molecule has 4 rings (SSSR count). The topological polar surface area (TPSA) is 47.6 Å². The van der Waals surface area contributed by atoms with Crippen molar-refractivity contribution in [2.24, 2.45) is 0 Å². The average Bonchev–Trinajstić information content (AvgIpc) is 3.33. The Morgan fingerprint density at radius 2 is 2.00 bits per heavy atom. The molecular weight excluding hydrogens is 304 g/mol. The number of furan rings is 1. The maximum Gasteiger partial charge on any atom is 0.270 e. The van der Waals surface area contributed by atoms with Crippen molar-refractivity contribution in [2.45, 2.75) is 19.4 Å². The molecule has 1 aliphatic rings. The minimum Gasteiger partial charge on any atom is -0.496 e. The lowest BCUT2D eigenvalue weighted by molar-refractivity contribution is 0.0783. The molecule has 1 aliphatic heterocycles. The van der Waals surface area contributed by atoms with Crippen LogP contribution in [0.15, 0.2) is 47.1 Å². The van der Waals surface area contributed by atoms with Gasteiger partial charge in [0.2, 0.25) is 0 Å². The summed E-state index contributed by atoms with van der Waals surface area (Å²) in [4.78, 5) is 14.8. The Bertz CT molecular complexity index is 872. The third-order valence-electron chi connectivity index (χ3n) is 4.66. The van der Waals surface area contributed by atoms with Gasteiger partial charge in [0, 0.05) is 30.8 Å². The molecule has 3 heterocycles. The van der Waals surface area contributed by atoms with E-state index >= 15 is 0 Å². The number of likely N-dealkylation sites (tertiary alicyclic amines) is 1. The van der Waals surface area contributed by atoms with Crippen LogP contribution in [-0.4, -0.2) is 35.6 Å². The van der Waals surface area contributed by atoms with Gasteiger partial charge in [-0.05, 0) is 18.9 Å². The zero-order valence-electron chi connectivity index (χ0n) is 13.7. The highest BCUT2D eigenvalue weighted by Gasteiger charge is 2.25. The number of hydrogen-bond acceptors (Lipinski definition) is 3. The van der Waals surface area contributed by atoms with Crippen molar-refractivity contribution in [1.29, 1.82) is 0 Å². The summed E-state index contributed by atoms with van der Waals surface area (Å²) in [5.41, 5.74) is 3.39. The smallest absolute Gasteiger partial charge is 0.270 e. The van der Waals surface area contributed by atoms with Crippen molar-refractivity contribution in [3.05, 3.63) is 53.9 Å². The number of hydrogen-bond donors (Lipinski definition) is 0. The standard InChI is InChI=1S/C19H20N2O3/c1-23-17-7-3-2-6-14(17)13-21-15-8-11-24-18(15)12-16(21)19(22)20-9-4-5-10-20/h2-3,6-8,11-12H,4-5,9-10,13H2,1H3. The summed E-state index contributed by atoms with van der Waals surface area (Å²) in [5, 5.41) is 0. The van der Waals surface area contributed by atoms with Gasteiger partial charge >= 0.3 is 0 Å². The molecule has 1 fully saturated rings. The number of methoxy groups -OCH3 is 1. The van der Waals surface area contributed by atoms with Gasteiger partial charge in [0.05, 0.1) is 25.4 Å². The minimum absolute atomic E-state index is 0.0776. The van der Waals surface area contributed by atoms with E-state index in [2.05, 4.69) is 0 Å². The molecule has 5 heteroatoms. The van der Waals surface area contributed by atoms with E-state index in [0.29, 0.717) is 12.2 Å². The SMILES string of the molecule is COc1ccccc1Cn1c(C(=O)N2CCCC2)cc2occc21. The Kier molecular flexibility index (Phi) is 3.76. The predicted molar refractivity (Wildman–Crippen MR) is 91.4 cm³/mol. The van der Waals surface area contributed by atoms with Gasteiger partial charge in [-0.1, -0.05) is 18.2 Å². The van der Waals surface area contributed by atoms with Crippen molar-refractivity contribution in [3.8, 4) is 5.75 Å². The zero-order valence-corrected chi connectivity index (χ0v) is 13.7. The molecule has 0 N–H and O–H groups in total. The maximum absolute atomic E-state index is 12.9. The van der Waals surface area contributed by atoms with Crippen LogP contribution < -0.4 is 4.74 Å². The summed E-state index contributed by atoms with van der Waals surface area (Å²) in [6, 6.07) is 11.6. The molecule has 1 aromatic carbocycles. The van der Waals surface area contributed by atoms with Gasteiger partial charge in [0.15, 0.2) is 5.58 Å². The fourth-order valence-corrected chi connectivity index (χ4v) is 3.41. The van der Waals surface area contributed by atoms with Crippen LogP contribution in [-0.2, 0) is 6.54 Å². The number of fused-ring (bicyclic) bond motifs is 1. The van der Waals surface area contributed by atoms with Gasteiger partial charge in [-0.15, -0.1) is 0 Å². The number of aromatic nitrogens is 1. The maximum atomic E-state index is 12.9. The van der Waals surface area contributed by atoms with Crippen LogP contribution in [0.25, 0.3) is 11.1 Å². The fourth-order valence-electron chi connectivity index (χ4n) is 3.41. The third kappa shape index (κ3) is 2.46. The van der Waals surface area contributed by atoms with Crippen LogP contribution >= 0.6 is 0 Å². The lowest BCUT2D eigenvalue weighted by Crippen LogP contribution is -2.29. The number of amides is 1. The van der Waals surface area contributed by atoms with Crippen LogP contribution in [0.3, 0.4) is 0 Å². The number of ether oxygens (including phenoxy) is 1. The lowest BCUT2D eigenvalue weighted by Gasteiger charge is -2.18. The van der Waals surface area contributed by atoms with Crippen LogP contribution in [0.1, 0.15) is 28.9 Å². The molecule has 0 saturated carbocycles. The Hall–Kier alpha value is -2.69. The van der Waals surface area contributed by atoms with Gasteiger partial charge in [-0.25, -0.2) is 0 Å². The first-order chi connectivity index (χ1) is 11.8. The summed E-state index contributed by atoms with van der Waals surface area (Å²) in [7, 11) is 1.66. The molecule has 0 radical (unpaired) electrons. The number of para-hydroxylation sites is 1. The molecular formula is C19H20N2O3. The van der Waals surface area contributed by atoms with Gasteiger partial charge in [0.25, 0.3) is 5.91 Å². The summed E-state index contributed by atoms with van der Waals surface area (Å²) in [6.45, 7) is 2.24. The van der Waals surface area contributed by atoms with E-state index in [9.17, 15) is 4.79 Å². The van der Waals surface area contributed by atoms with Gasteiger partial charge < -0.3 is 18.6 Å². The Labute approximate surface area is 140 Å². The minimum atomic E-state index is 0.0776. The van der Waals surface area contributed by atoms with E-state index in [-0.39, 0.29) is 5.91 Å². The van der Waals surface area contributed by atoms with Crippen LogP contribution in [0.2, 0.25) is 0 Å². The van der Waals surface area contributed by atoms with Gasteiger partial charge in [-0.2, -0.15) is 0 Å². The van der Waals surface area contributed by atoms with Crippen molar-refractivity contribution in [2.75, 3.05) is 20.2 Å². The lowest BCUT2D eigenvalue weighted by atomic mass is 10.2. The highest BCUT2D eigenvalue weighted by atomic mass is 16.5. The van der Waals surface area contributed by atoms with E-state index in [4.69, 9.17) is 9.15 Å². The van der Waals surface area contributed by atoms with Crippen LogP contribution in [0.5, 0.6) is 5.75 Å². The number of nitrogens with zero attached hydrogens (tertiary/aromatic N) is 2. The molecule has 124 valence electrons. The first-order valence-corrected chi connectivity index (χ1v) is 8.26. The zero-order chi connectivity index (χ0) is 16.5. The highest BCUT2D eigenvalue weighted by molar-refractivity contribution is 5.97. The molecule has 0 aliphatic carbocycles. The summed E-state index contributed by atoms with van der Waals surface area (Å²) < 4.78 is 13.0. The molecule has 3 aromatic rings. The Morgan fingerprint density at radius 3 is 2.79 bits per heavy atom. The number of carbonyl (C=O) groups is 1. The molecule has 0 spiro atoms. The average molecular weight is 324 g/mol. The summed E-state index contributed by atoms with van der Waals surface area (Å²) in [5.74, 6) is 0.899. The molecule has 0 unspecified atom stereocenters. The molecule has 1 saturated heterocycles. The van der Waals surface area contributed by atoms with Crippen molar-refractivity contribution in [3.63, 3.8) is 0 Å². The molecule has 1 amide bonds. The van der Waals surface area contributed by atoms with E-state index in [1.54, 1.807) is 13.4 Å². The van der Waals surface area contributed by atoms with Crippen molar-refractivity contribution >= 4 is 17.0 Å². The second-order valence-electron chi connectivity index (χ2n) is 6.10. The Morgan fingerprint density at radius 1 is 1.21 bits per heavy atom. The summed E-state index contributed by atoms with van der Waals surface area (Å²) in [6.07, 6.45) is 3.82. The molecule has 0 bridgehead atoms. The second kappa shape index (κ2) is 6.07. The van der Waals surface area contributed by atoms with Crippen molar-refractivity contribution in [1.82, 2.24) is 9.47 Å². The quantitative estimate of drug-likeness (QED) is 0.737. The first kappa shape index (κ1) is 14.9. The largest absolute Gasteiger partial charge is 0.496 e. The fraction of sp³-hybridized carbons (Fsp3) is 0.316. The van der Waals surface area contributed by atoms with Gasteiger partial charge in [0.1, 0.15) is 11.4 Å². The van der Waals surface area contributed by atoms with E-state index in [1.807, 2.05) is 45.9 Å². The highest BCUT2D eigenvalue weighted by Crippen LogP contribution is 2.27. The first-order valence-electron chi connectivity index (χ1n) is 8.26.